The number of nitrogens with two attached hydrogens (primary N) is 1. The van der Waals surface area contributed by atoms with Gasteiger partial charge in [-0.25, -0.2) is 4.39 Å². The van der Waals surface area contributed by atoms with Gasteiger partial charge in [0.25, 0.3) is 0 Å². The lowest BCUT2D eigenvalue weighted by atomic mass is 10.1. The van der Waals surface area contributed by atoms with E-state index in [0.717, 1.165) is 37.0 Å². The van der Waals surface area contributed by atoms with E-state index in [-0.39, 0.29) is 17.8 Å². The van der Waals surface area contributed by atoms with Crippen molar-refractivity contribution >= 4 is 16.9 Å². The number of rotatable bonds is 5. The second-order valence-corrected chi connectivity index (χ2v) is 7.17. The number of aryl methyl sites for hydroxylation is 1. The molecule has 1 aliphatic rings. The summed E-state index contributed by atoms with van der Waals surface area (Å²) < 4.78 is 18.8. The summed E-state index contributed by atoms with van der Waals surface area (Å²) in [6.07, 6.45) is 5.82. The molecule has 28 heavy (non-hydrogen) atoms. The van der Waals surface area contributed by atoms with Crippen LogP contribution in [0.3, 0.4) is 0 Å². The quantitative estimate of drug-likeness (QED) is 0.307. The Bertz CT molecular complexity index is 1010. The number of halogens is 1. The monoisotopic (exact) mass is 382 g/mol. The number of fused-ring (bicyclic) bond motifs is 1. The van der Waals surface area contributed by atoms with Crippen LogP contribution in [0.4, 0.5) is 4.39 Å². The molecule has 1 fully saturated rings. The van der Waals surface area contributed by atoms with E-state index in [9.17, 15) is 4.39 Å². The van der Waals surface area contributed by atoms with Crippen LogP contribution in [0.5, 0.6) is 0 Å². The van der Waals surface area contributed by atoms with Crippen molar-refractivity contribution in [1.29, 1.82) is 0 Å². The van der Waals surface area contributed by atoms with Crippen LogP contribution in [0, 0.1) is 5.82 Å². The van der Waals surface area contributed by atoms with E-state index in [1.165, 1.54) is 6.07 Å². The largest absolute Gasteiger partial charge is 0.391 e. The second-order valence-electron chi connectivity index (χ2n) is 7.17. The maximum absolute atomic E-state index is 14.7. The maximum atomic E-state index is 14.7. The zero-order valence-electron chi connectivity index (χ0n) is 15.9. The van der Waals surface area contributed by atoms with Crippen LogP contribution >= 0.6 is 0 Å². The Kier molecular flexibility index (Phi) is 5.25. The van der Waals surface area contributed by atoms with Crippen molar-refractivity contribution in [3.8, 4) is 0 Å². The summed E-state index contributed by atoms with van der Waals surface area (Å²) in [5.41, 5.74) is 9.28. The van der Waals surface area contributed by atoms with Crippen LogP contribution in [-0.2, 0) is 18.4 Å². The highest BCUT2D eigenvalue weighted by Gasteiger charge is 2.15. The number of nitrogens with one attached hydrogen (secondary N) is 1. The molecule has 0 saturated carbocycles. The Balaban J connectivity index is 1.50. The van der Waals surface area contributed by atoms with Crippen LogP contribution in [0.2, 0.25) is 0 Å². The van der Waals surface area contributed by atoms with E-state index in [0.29, 0.717) is 17.7 Å². The number of oxime groups is 1. The molecule has 1 saturated heterocycles. The van der Waals surface area contributed by atoms with E-state index in [4.69, 9.17) is 10.6 Å². The summed E-state index contributed by atoms with van der Waals surface area (Å²) in [4.78, 5) is 5.51. The standard InChI is InChI=1S/C21H25FN5O/c1-26-11-2-3-20-19(26)8-12-27(20)14-16-5-4-15(13-18(16)22)21(23)25-28-17-6-9-24-10-7-17/h2-5,8,11-13,17,24H,6-7,9-10,14H2,1H3,(H2,23,25)/q+1. The lowest BCUT2D eigenvalue weighted by Crippen LogP contribution is -2.32. The average molecular weight is 382 g/mol. The van der Waals surface area contributed by atoms with E-state index in [1.807, 2.05) is 46.8 Å². The highest BCUT2D eigenvalue weighted by molar-refractivity contribution is 5.97. The topological polar surface area (TPSA) is 68.5 Å². The zero-order chi connectivity index (χ0) is 19.5. The molecule has 4 rings (SSSR count). The summed E-state index contributed by atoms with van der Waals surface area (Å²) in [6, 6.07) is 11.0. The van der Waals surface area contributed by atoms with Crippen molar-refractivity contribution in [1.82, 2.24) is 9.88 Å². The van der Waals surface area contributed by atoms with Gasteiger partial charge in [-0.05, 0) is 38.1 Å². The van der Waals surface area contributed by atoms with Gasteiger partial charge in [-0.3, -0.25) is 0 Å². The van der Waals surface area contributed by atoms with Gasteiger partial charge in [-0.1, -0.05) is 17.3 Å². The number of amidine groups is 1. The number of piperidine rings is 1. The molecule has 0 aliphatic carbocycles. The first-order valence-corrected chi connectivity index (χ1v) is 9.54. The third kappa shape index (κ3) is 3.84. The van der Waals surface area contributed by atoms with Gasteiger partial charge in [-0.2, -0.15) is 4.57 Å². The lowest BCUT2D eigenvalue weighted by Gasteiger charge is -2.20. The molecule has 2 aromatic heterocycles. The fourth-order valence-electron chi connectivity index (χ4n) is 3.54. The highest BCUT2D eigenvalue weighted by Crippen LogP contribution is 2.17. The number of benzene rings is 1. The summed E-state index contributed by atoms with van der Waals surface area (Å²) >= 11 is 0. The number of hydrogen-bond acceptors (Lipinski definition) is 3. The van der Waals surface area contributed by atoms with Gasteiger partial charge >= 0.3 is 0 Å². The third-order valence-corrected chi connectivity index (χ3v) is 5.20. The SMILES string of the molecule is C[n+]1cccc2c1ccn2Cc1ccc(C(N)=NOC2CCNCC2)cc1F. The minimum Gasteiger partial charge on any atom is -0.391 e. The van der Waals surface area contributed by atoms with Crippen molar-refractivity contribution in [2.24, 2.45) is 17.9 Å². The van der Waals surface area contributed by atoms with Gasteiger partial charge in [0.15, 0.2) is 12.0 Å². The predicted octanol–water partition coefficient (Wildman–Crippen LogP) is 2.04. The van der Waals surface area contributed by atoms with Crippen molar-refractivity contribution in [3.63, 3.8) is 0 Å². The first-order valence-electron chi connectivity index (χ1n) is 9.54. The minimum absolute atomic E-state index is 0.0623. The second kappa shape index (κ2) is 7.98. The highest BCUT2D eigenvalue weighted by atomic mass is 19.1. The summed E-state index contributed by atoms with van der Waals surface area (Å²) in [5.74, 6) is -0.109. The fourth-order valence-corrected chi connectivity index (χ4v) is 3.54. The Morgan fingerprint density at radius 2 is 2.14 bits per heavy atom. The van der Waals surface area contributed by atoms with Crippen molar-refractivity contribution in [2.75, 3.05) is 13.1 Å². The zero-order valence-corrected chi connectivity index (χ0v) is 15.9. The van der Waals surface area contributed by atoms with Crippen molar-refractivity contribution in [3.05, 3.63) is 65.7 Å². The molecule has 0 atom stereocenters. The van der Waals surface area contributed by atoms with Crippen LogP contribution in [0.15, 0.2) is 53.9 Å². The molecule has 0 spiro atoms. The van der Waals surface area contributed by atoms with Crippen molar-refractivity contribution < 1.29 is 13.8 Å². The Morgan fingerprint density at radius 3 is 2.93 bits per heavy atom. The van der Waals surface area contributed by atoms with Crippen molar-refractivity contribution in [2.45, 2.75) is 25.5 Å². The first-order chi connectivity index (χ1) is 13.6. The van der Waals surface area contributed by atoms with Gasteiger partial charge in [-0.15, -0.1) is 0 Å². The summed E-state index contributed by atoms with van der Waals surface area (Å²) in [5, 5.41) is 7.27. The van der Waals surface area contributed by atoms with Gasteiger partial charge < -0.3 is 20.5 Å². The van der Waals surface area contributed by atoms with Crippen LogP contribution in [0.25, 0.3) is 11.0 Å². The summed E-state index contributed by atoms with van der Waals surface area (Å²) in [6.45, 7) is 2.27. The molecule has 0 radical (unpaired) electrons. The Labute approximate surface area is 163 Å². The minimum atomic E-state index is -0.306. The molecule has 1 aliphatic heterocycles. The number of aromatic nitrogens is 2. The van der Waals surface area contributed by atoms with Gasteiger partial charge in [0.2, 0.25) is 5.52 Å². The van der Waals surface area contributed by atoms with Gasteiger partial charge in [0.1, 0.15) is 24.5 Å². The molecule has 6 nitrogen and oxygen atoms in total. The Hall–Kier alpha value is -2.93. The van der Waals surface area contributed by atoms with Crippen LogP contribution in [-0.4, -0.2) is 29.6 Å². The smallest absolute Gasteiger partial charge is 0.230 e. The van der Waals surface area contributed by atoms with Crippen LogP contribution < -0.4 is 15.6 Å². The van der Waals surface area contributed by atoms with E-state index in [1.54, 1.807) is 12.1 Å². The molecule has 3 heterocycles. The molecule has 0 unspecified atom stereocenters. The number of pyridine rings is 1. The van der Waals surface area contributed by atoms with E-state index in [2.05, 4.69) is 10.5 Å². The molecule has 3 N–H and O–H groups in total. The van der Waals surface area contributed by atoms with Gasteiger partial charge in [0.05, 0.1) is 6.54 Å². The number of nitrogens with zero attached hydrogens (tertiary/aromatic N) is 3. The molecule has 7 heteroatoms. The maximum Gasteiger partial charge on any atom is 0.230 e. The molecular weight excluding hydrogens is 357 g/mol. The molecule has 146 valence electrons. The van der Waals surface area contributed by atoms with E-state index < -0.39 is 0 Å². The summed E-state index contributed by atoms with van der Waals surface area (Å²) in [7, 11) is 2.00. The van der Waals surface area contributed by atoms with E-state index >= 15 is 0 Å². The van der Waals surface area contributed by atoms with Gasteiger partial charge in [0, 0.05) is 29.5 Å². The first kappa shape index (κ1) is 18.4. The molecular formula is C21H25FN5O+. The predicted molar refractivity (Wildman–Crippen MR) is 106 cm³/mol. The molecule has 0 bridgehead atoms. The molecule has 1 aromatic carbocycles. The normalized spacial score (nSPS) is 15.9. The fraction of sp³-hybridized carbons (Fsp3) is 0.333. The lowest BCUT2D eigenvalue weighted by molar-refractivity contribution is -0.644. The average Bonchev–Trinajstić information content (AvgIpc) is 3.13. The van der Waals surface area contributed by atoms with Crippen LogP contribution in [0.1, 0.15) is 24.0 Å². The molecule has 3 aromatic rings. The molecule has 0 amide bonds. The number of hydrogen-bond donors (Lipinski definition) is 2. The third-order valence-electron chi connectivity index (χ3n) is 5.20. The Morgan fingerprint density at radius 1 is 1.32 bits per heavy atom.